The first-order valence-corrected chi connectivity index (χ1v) is 12.1. The van der Waals surface area contributed by atoms with Crippen LogP contribution in [0.1, 0.15) is 34.1 Å². The number of rotatable bonds is 8. The molecule has 0 saturated heterocycles. The van der Waals surface area contributed by atoms with E-state index in [2.05, 4.69) is 65.1 Å². The van der Waals surface area contributed by atoms with Gasteiger partial charge in [0.1, 0.15) is 5.75 Å². The lowest BCUT2D eigenvalue weighted by molar-refractivity contribution is 0.410. The third-order valence-electron chi connectivity index (χ3n) is 6.51. The van der Waals surface area contributed by atoms with E-state index in [1.54, 1.807) is 7.11 Å². The van der Waals surface area contributed by atoms with Crippen LogP contribution < -0.4 is 15.0 Å². The minimum atomic E-state index is -0.230. The molecule has 0 aliphatic carbocycles. The first-order chi connectivity index (χ1) is 17.6. The van der Waals surface area contributed by atoms with Gasteiger partial charge in [-0.3, -0.25) is 9.89 Å². The van der Waals surface area contributed by atoms with Crippen LogP contribution in [0, 0.1) is 13.8 Å². The van der Waals surface area contributed by atoms with Gasteiger partial charge in [-0.15, -0.1) is 0 Å². The summed E-state index contributed by atoms with van der Waals surface area (Å²) in [6.07, 6.45) is 5.53. The number of nitrogens with zero attached hydrogens (tertiary/aromatic N) is 3. The summed E-state index contributed by atoms with van der Waals surface area (Å²) in [5.74, 6) is 1.58. The Hall–Kier alpha value is -4.16. The van der Waals surface area contributed by atoms with Gasteiger partial charge in [0.05, 0.1) is 12.8 Å². The highest BCUT2D eigenvalue weighted by Crippen LogP contribution is 2.35. The third kappa shape index (κ3) is 4.95. The smallest absolute Gasteiger partial charge is 0.236 e. The second-order valence-corrected chi connectivity index (χ2v) is 8.85. The van der Waals surface area contributed by atoms with Crippen LogP contribution in [0.15, 0.2) is 94.6 Å². The van der Waals surface area contributed by atoms with E-state index >= 15 is 0 Å². The van der Waals surface area contributed by atoms with Crippen LogP contribution in [0.4, 0.5) is 5.88 Å². The Morgan fingerprint density at radius 1 is 0.972 bits per heavy atom. The summed E-state index contributed by atoms with van der Waals surface area (Å²) in [4.78, 5) is 6.83. The van der Waals surface area contributed by atoms with Crippen LogP contribution in [0.2, 0.25) is 0 Å². The van der Waals surface area contributed by atoms with Crippen molar-refractivity contribution in [1.82, 2.24) is 10.5 Å². The zero-order valence-corrected chi connectivity index (χ0v) is 20.8. The predicted molar refractivity (Wildman–Crippen MR) is 144 cm³/mol. The molecule has 2 heterocycles. The lowest BCUT2D eigenvalue weighted by atomic mass is 9.96. The molecular formula is C30H30N4O2. The van der Waals surface area contributed by atoms with E-state index in [1.807, 2.05) is 55.4 Å². The van der Waals surface area contributed by atoms with Crippen LogP contribution in [0.3, 0.4) is 0 Å². The molecule has 1 aliphatic rings. The maximum Gasteiger partial charge on any atom is 0.236 e. The third-order valence-corrected chi connectivity index (χ3v) is 6.51. The standard InChI is InChI=1S/C30H30N4O2/c1-21-22(2)33-36-30(21)34-17-7-16-32-29(34)25-12-15-28(24-8-5-4-6-9-24)26(18-25)20-31-19-23-10-13-27(35-3)14-11-23/h4-18,29,31H,19-20H2,1-3H3. The van der Waals surface area contributed by atoms with Crippen LogP contribution in [0.25, 0.3) is 11.1 Å². The summed E-state index contributed by atoms with van der Waals surface area (Å²) < 4.78 is 10.9. The first kappa shape index (κ1) is 23.6. The fourth-order valence-electron chi connectivity index (χ4n) is 4.39. The molecule has 1 aliphatic heterocycles. The lowest BCUT2D eigenvalue weighted by Gasteiger charge is -2.28. The minimum absolute atomic E-state index is 0.230. The van der Waals surface area contributed by atoms with Gasteiger partial charge in [0, 0.05) is 31.1 Å². The Labute approximate surface area is 211 Å². The minimum Gasteiger partial charge on any atom is -0.497 e. The van der Waals surface area contributed by atoms with Crippen LogP contribution in [-0.2, 0) is 13.1 Å². The summed E-state index contributed by atoms with van der Waals surface area (Å²) >= 11 is 0. The molecule has 6 heteroatoms. The Morgan fingerprint density at radius 3 is 2.50 bits per heavy atom. The molecule has 1 unspecified atom stereocenters. The van der Waals surface area contributed by atoms with Crippen molar-refractivity contribution in [2.24, 2.45) is 4.99 Å². The molecule has 36 heavy (non-hydrogen) atoms. The van der Waals surface area contributed by atoms with Crippen molar-refractivity contribution in [3.8, 4) is 16.9 Å². The molecule has 4 aromatic rings. The van der Waals surface area contributed by atoms with Gasteiger partial charge in [0.25, 0.3) is 0 Å². The Bertz CT molecular complexity index is 1370. The van der Waals surface area contributed by atoms with Gasteiger partial charge in [-0.25, -0.2) is 0 Å². The van der Waals surface area contributed by atoms with E-state index in [9.17, 15) is 0 Å². The molecule has 6 nitrogen and oxygen atoms in total. The number of aromatic nitrogens is 1. The summed E-state index contributed by atoms with van der Waals surface area (Å²) in [5.41, 5.74) is 7.80. The fourth-order valence-corrected chi connectivity index (χ4v) is 4.39. The average molecular weight is 479 g/mol. The van der Waals surface area contributed by atoms with E-state index in [-0.39, 0.29) is 6.17 Å². The van der Waals surface area contributed by atoms with Crippen LogP contribution in [0.5, 0.6) is 5.75 Å². The van der Waals surface area contributed by atoms with E-state index < -0.39 is 0 Å². The number of benzene rings is 3. The lowest BCUT2D eigenvalue weighted by Crippen LogP contribution is -2.24. The van der Waals surface area contributed by atoms with E-state index in [0.29, 0.717) is 0 Å². The zero-order valence-electron chi connectivity index (χ0n) is 20.8. The van der Waals surface area contributed by atoms with Crippen molar-refractivity contribution in [2.45, 2.75) is 33.1 Å². The average Bonchev–Trinajstić information content (AvgIpc) is 3.27. The summed E-state index contributed by atoms with van der Waals surface area (Å²) in [7, 11) is 1.68. The van der Waals surface area contributed by atoms with Crippen molar-refractivity contribution < 1.29 is 9.26 Å². The largest absolute Gasteiger partial charge is 0.497 e. The maximum absolute atomic E-state index is 5.67. The number of allylic oxidation sites excluding steroid dienone is 1. The highest BCUT2D eigenvalue weighted by atomic mass is 16.5. The van der Waals surface area contributed by atoms with E-state index in [1.165, 1.54) is 22.3 Å². The highest BCUT2D eigenvalue weighted by Gasteiger charge is 2.26. The van der Waals surface area contributed by atoms with Crippen molar-refractivity contribution in [1.29, 1.82) is 0 Å². The number of ether oxygens (including phenoxy) is 1. The van der Waals surface area contributed by atoms with Crippen molar-refractivity contribution in [3.05, 3.63) is 113 Å². The Morgan fingerprint density at radius 2 is 1.78 bits per heavy atom. The quantitative estimate of drug-likeness (QED) is 0.319. The second-order valence-electron chi connectivity index (χ2n) is 8.85. The number of aliphatic imine (C=N–C) groups is 1. The molecular weight excluding hydrogens is 448 g/mol. The zero-order chi connectivity index (χ0) is 24.9. The number of hydrogen-bond acceptors (Lipinski definition) is 6. The normalized spacial score (nSPS) is 14.9. The first-order valence-electron chi connectivity index (χ1n) is 12.1. The number of hydrogen-bond donors (Lipinski definition) is 1. The van der Waals surface area contributed by atoms with Crippen LogP contribution in [-0.4, -0.2) is 18.5 Å². The van der Waals surface area contributed by atoms with Gasteiger partial charge < -0.3 is 14.6 Å². The molecule has 0 amide bonds. The predicted octanol–water partition coefficient (Wildman–Crippen LogP) is 6.36. The fraction of sp³-hybridized carbons (Fsp3) is 0.200. The van der Waals surface area contributed by atoms with Gasteiger partial charge >= 0.3 is 0 Å². The molecule has 0 bridgehead atoms. The van der Waals surface area contributed by atoms with Gasteiger partial charge in [-0.1, -0.05) is 59.8 Å². The van der Waals surface area contributed by atoms with E-state index in [4.69, 9.17) is 14.3 Å². The molecule has 182 valence electrons. The van der Waals surface area contributed by atoms with Crippen molar-refractivity contribution >= 4 is 12.1 Å². The molecule has 0 spiro atoms. The number of aryl methyl sites for hydroxylation is 1. The van der Waals surface area contributed by atoms with Gasteiger partial charge in [0.15, 0.2) is 6.17 Å². The van der Waals surface area contributed by atoms with Gasteiger partial charge in [-0.2, -0.15) is 0 Å². The number of methoxy groups -OCH3 is 1. The molecule has 3 aromatic carbocycles. The molecule has 5 rings (SSSR count). The number of anilines is 1. The summed E-state index contributed by atoms with van der Waals surface area (Å²) in [6.45, 7) is 5.46. The molecule has 1 atom stereocenters. The van der Waals surface area contributed by atoms with Crippen molar-refractivity contribution in [2.75, 3.05) is 12.0 Å². The Balaban J connectivity index is 1.44. The summed E-state index contributed by atoms with van der Waals surface area (Å²) in [5, 5.41) is 7.77. The van der Waals surface area contributed by atoms with Crippen molar-refractivity contribution in [3.63, 3.8) is 0 Å². The second kappa shape index (κ2) is 10.6. The molecule has 0 fully saturated rings. The monoisotopic (exact) mass is 478 g/mol. The molecule has 1 aromatic heterocycles. The molecule has 0 radical (unpaired) electrons. The topological polar surface area (TPSA) is 62.9 Å². The van der Waals surface area contributed by atoms with E-state index in [0.717, 1.165) is 41.5 Å². The maximum atomic E-state index is 5.67. The van der Waals surface area contributed by atoms with Gasteiger partial charge in [0.2, 0.25) is 5.88 Å². The highest BCUT2D eigenvalue weighted by molar-refractivity contribution is 5.75. The summed E-state index contributed by atoms with van der Waals surface area (Å²) in [6, 6.07) is 25.2. The molecule has 0 saturated carbocycles. The van der Waals surface area contributed by atoms with Crippen LogP contribution >= 0.6 is 0 Å². The van der Waals surface area contributed by atoms with Gasteiger partial charge in [-0.05, 0) is 65.9 Å². The molecule has 1 N–H and O–H groups in total. The Kier molecular flexibility index (Phi) is 6.96. The SMILES string of the molecule is COc1ccc(CNCc2cc(C3N=CC=CN3c3onc(C)c3C)ccc2-c2ccccc2)cc1. The number of nitrogens with one attached hydrogen (secondary N) is 1.